The van der Waals surface area contributed by atoms with Crippen molar-refractivity contribution in [3.05, 3.63) is 41.2 Å². The molecule has 0 bridgehead atoms. The SMILES string of the molecule is Cc1nnc(S[C@H](C)C(=O)N[C@@H]2CCCc3ccccc32)n1C1CC1. The van der Waals surface area contributed by atoms with E-state index in [9.17, 15) is 4.79 Å². The standard InChI is InChI=1S/C19H24N4OS/c1-12(25-19-22-21-13(2)23(19)15-10-11-15)18(24)20-17-9-5-7-14-6-3-4-8-16(14)17/h3-4,6,8,12,15,17H,5,7,9-11H2,1-2H3,(H,20,24)/t12-,17-/m1/s1. The lowest BCUT2D eigenvalue weighted by molar-refractivity contribution is -0.121. The molecule has 0 aliphatic heterocycles. The van der Waals surface area contributed by atoms with Crippen LogP contribution in [-0.2, 0) is 11.2 Å². The van der Waals surface area contributed by atoms with Gasteiger partial charge in [0.1, 0.15) is 5.82 Å². The first-order chi connectivity index (χ1) is 12.1. The fourth-order valence-electron chi connectivity index (χ4n) is 3.59. The maximum Gasteiger partial charge on any atom is 0.233 e. The monoisotopic (exact) mass is 356 g/mol. The molecule has 0 spiro atoms. The van der Waals surface area contributed by atoms with Gasteiger partial charge >= 0.3 is 0 Å². The molecule has 2 atom stereocenters. The molecule has 2 aliphatic rings. The number of amides is 1. The van der Waals surface area contributed by atoms with Crippen LogP contribution in [0, 0.1) is 6.92 Å². The van der Waals surface area contributed by atoms with Crippen molar-refractivity contribution in [2.45, 2.75) is 68.4 Å². The molecule has 0 radical (unpaired) electrons. The Balaban J connectivity index is 1.43. The van der Waals surface area contributed by atoms with Crippen molar-refractivity contribution >= 4 is 17.7 Å². The highest BCUT2D eigenvalue weighted by molar-refractivity contribution is 8.00. The smallest absolute Gasteiger partial charge is 0.233 e. The molecule has 1 aromatic carbocycles. The molecule has 6 heteroatoms. The molecule has 1 aromatic heterocycles. The molecule has 4 rings (SSSR count). The van der Waals surface area contributed by atoms with Gasteiger partial charge in [0.2, 0.25) is 5.91 Å². The number of fused-ring (bicyclic) bond motifs is 1. The Morgan fingerprint density at radius 3 is 2.88 bits per heavy atom. The van der Waals surface area contributed by atoms with E-state index < -0.39 is 0 Å². The van der Waals surface area contributed by atoms with Gasteiger partial charge in [-0.05, 0) is 57.1 Å². The van der Waals surface area contributed by atoms with Crippen LogP contribution in [-0.4, -0.2) is 25.9 Å². The Bertz CT molecular complexity index is 783. The fourth-order valence-corrected chi connectivity index (χ4v) is 4.56. The third-order valence-electron chi connectivity index (χ3n) is 5.08. The van der Waals surface area contributed by atoms with E-state index in [0.717, 1.165) is 30.2 Å². The minimum Gasteiger partial charge on any atom is -0.348 e. The maximum atomic E-state index is 12.7. The predicted octanol–water partition coefficient (Wildman–Crippen LogP) is 3.60. The molecule has 132 valence electrons. The molecule has 2 aromatic rings. The van der Waals surface area contributed by atoms with E-state index in [4.69, 9.17) is 0 Å². The first kappa shape index (κ1) is 16.6. The number of aromatic nitrogens is 3. The van der Waals surface area contributed by atoms with Crippen LogP contribution in [0.15, 0.2) is 29.4 Å². The summed E-state index contributed by atoms with van der Waals surface area (Å²) in [6.45, 7) is 3.94. The van der Waals surface area contributed by atoms with Crippen LogP contribution >= 0.6 is 11.8 Å². The van der Waals surface area contributed by atoms with Gasteiger partial charge in [-0.3, -0.25) is 4.79 Å². The molecule has 5 nitrogen and oxygen atoms in total. The van der Waals surface area contributed by atoms with Gasteiger partial charge in [-0.15, -0.1) is 10.2 Å². The number of nitrogens with one attached hydrogen (secondary N) is 1. The van der Waals surface area contributed by atoms with Gasteiger partial charge in [0.05, 0.1) is 11.3 Å². The van der Waals surface area contributed by atoms with Crippen LogP contribution in [0.5, 0.6) is 0 Å². The number of hydrogen-bond donors (Lipinski definition) is 1. The van der Waals surface area contributed by atoms with Gasteiger partial charge in [-0.25, -0.2) is 0 Å². The number of carbonyl (C=O) groups is 1. The van der Waals surface area contributed by atoms with Crippen molar-refractivity contribution in [2.24, 2.45) is 0 Å². The number of thioether (sulfide) groups is 1. The van der Waals surface area contributed by atoms with Gasteiger partial charge in [0, 0.05) is 6.04 Å². The molecule has 1 fully saturated rings. The first-order valence-electron chi connectivity index (χ1n) is 9.10. The van der Waals surface area contributed by atoms with Crippen molar-refractivity contribution in [2.75, 3.05) is 0 Å². The second kappa shape index (κ2) is 6.83. The molecule has 1 heterocycles. The third kappa shape index (κ3) is 3.45. The number of nitrogens with zero attached hydrogens (tertiary/aromatic N) is 3. The van der Waals surface area contributed by atoms with Gasteiger partial charge in [0.15, 0.2) is 5.16 Å². The Hall–Kier alpha value is -1.82. The summed E-state index contributed by atoms with van der Waals surface area (Å²) in [7, 11) is 0. The lowest BCUT2D eigenvalue weighted by atomic mass is 9.88. The van der Waals surface area contributed by atoms with Gasteiger partial charge in [-0.1, -0.05) is 36.0 Å². The molecule has 0 unspecified atom stereocenters. The van der Waals surface area contributed by atoms with E-state index in [1.807, 2.05) is 13.8 Å². The third-order valence-corrected chi connectivity index (χ3v) is 6.14. The second-order valence-electron chi connectivity index (χ2n) is 7.04. The van der Waals surface area contributed by atoms with Gasteiger partial charge < -0.3 is 9.88 Å². The Morgan fingerprint density at radius 1 is 1.28 bits per heavy atom. The summed E-state index contributed by atoms with van der Waals surface area (Å²) < 4.78 is 2.18. The van der Waals surface area contributed by atoms with Crippen molar-refractivity contribution in [1.29, 1.82) is 0 Å². The average Bonchev–Trinajstić information content (AvgIpc) is 3.39. The Labute approximate surface area is 152 Å². The second-order valence-corrected chi connectivity index (χ2v) is 8.35. The normalized spacial score (nSPS) is 20.8. The van der Waals surface area contributed by atoms with E-state index in [1.165, 1.54) is 35.7 Å². The summed E-state index contributed by atoms with van der Waals surface area (Å²) in [5.74, 6) is 1.02. The Morgan fingerprint density at radius 2 is 2.08 bits per heavy atom. The molecule has 25 heavy (non-hydrogen) atoms. The molecule has 1 saturated carbocycles. The lowest BCUT2D eigenvalue weighted by Crippen LogP contribution is -2.36. The zero-order valence-corrected chi connectivity index (χ0v) is 15.6. The average molecular weight is 356 g/mol. The van der Waals surface area contributed by atoms with E-state index in [1.54, 1.807) is 0 Å². The summed E-state index contributed by atoms with van der Waals surface area (Å²) in [5.41, 5.74) is 2.64. The molecule has 1 amide bonds. The first-order valence-corrected chi connectivity index (χ1v) is 9.98. The topological polar surface area (TPSA) is 59.8 Å². The minimum atomic E-state index is -0.185. The van der Waals surface area contributed by atoms with E-state index in [2.05, 4.69) is 44.3 Å². The molecular weight excluding hydrogens is 332 g/mol. The number of aryl methyl sites for hydroxylation is 2. The summed E-state index contributed by atoms with van der Waals surface area (Å²) in [5, 5.41) is 12.4. The summed E-state index contributed by atoms with van der Waals surface area (Å²) in [6, 6.07) is 9.11. The highest BCUT2D eigenvalue weighted by Crippen LogP contribution is 2.39. The van der Waals surface area contributed by atoms with Crippen molar-refractivity contribution in [3.8, 4) is 0 Å². The van der Waals surface area contributed by atoms with Crippen LogP contribution in [0.2, 0.25) is 0 Å². The number of benzene rings is 1. The number of hydrogen-bond acceptors (Lipinski definition) is 4. The van der Waals surface area contributed by atoms with E-state index in [-0.39, 0.29) is 17.2 Å². The summed E-state index contributed by atoms with van der Waals surface area (Å²) in [4.78, 5) is 12.7. The maximum absolute atomic E-state index is 12.7. The quantitative estimate of drug-likeness (QED) is 0.832. The molecule has 2 aliphatic carbocycles. The fraction of sp³-hybridized carbons (Fsp3) is 0.526. The highest BCUT2D eigenvalue weighted by atomic mass is 32.2. The lowest BCUT2D eigenvalue weighted by Gasteiger charge is -2.27. The van der Waals surface area contributed by atoms with Crippen LogP contribution < -0.4 is 5.32 Å². The van der Waals surface area contributed by atoms with Crippen molar-refractivity contribution in [3.63, 3.8) is 0 Å². The molecule has 0 saturated heterocycles. The zero-order chi connectivity index (χ0) is 17.4. The predicted molar refractivity (Wildman–Crippen MR) is 98.6 cm³/mol. The number of rotatable bonds is 5. The summed E-state index contributed by atoms with van der Waals surface area (Å²) >= 11 is 1.51. The summed E-state index contributed by atoms with van der Waals surface area (Å²) in [6.07, 6.45) is 5.62. The van der Waals surface area contributed by atoms with Crippen molar-refractivity contribution in [1.82, 2.24) is 20.1 Å². The van der Waals surface area contributed by atoms with E-state index >= 15 is 0 Å². The van der Waals surface area contributed by atoms with Crippen LogP contribution in [0.25, 0.3) is 0 Å². The Kier molecular flexibility index (Phi) is 4.54. The number of carbonyl (C=O) groups excluding carboxylic acids is 1. The molecular formula is C19H24N4OS. The minimum absolute atomic E-state index is 0.0784. The van der Waals surface area contributed by atoms with Gasteiger partial charge in [-0.2, -0.15) is 0 Å². The van der Waals surface area contributed by atoms with Crippen molar-refractivity contribution < 1.29 is 4.79 Å². The van der Waals surface area contributed by atoms with Gasteiger partial charge in [0.25, 0.3) is 0 Å². The molecule has 1 N–H and O–H groups in total. The van der Waals surface area contributed by atoms with Crippen LogP contribution in [0.4, 0.5) is 0 Å². The largest absolute Gasteiger partial charge is 0.348 e. The van der Waals surface area contributed by atoms with E-state index in [0.29, 0.717) is 6.04 Å². The highest BCUT2D eigenvalue weighted by Gasteiger charge is 2.30. The van der Waals surface area contributed by atoms with Crippen LogP contribution in [0.3, 0.4) is 0 Å². The zero-order valence-electron chi connectivity index (χ0n) is 14.7. The van der Waals surface area contributed by atoms with Crippen LogP contribution in [0.1, 0.15) is 61.6 Å².